The molecule has 1 rings (SSSR count). The van der Waals surface area contributed by atoms with E-state index >= 15 is 0 Å². The minimum absolute atomic E-state index is 0.194. The van der Waals surface area contributed by atoms with Gasteiger partial charge < -0.3 is 10.1 Å². The SMILES string of the molecule is CCCCCCCCCC(=O)NCC1CCCO1. The van der Waals surface area contributed by atoms with Crippen LogP contribution in [-0.2, 0) is 9.53 Å². The third-order valence-corrected chi connectivity index (χ3v) is 3.56. The van der Waals surface area contributed by atoms with Crippen LogP contribution in [0.5, 0.6) is 0 Å². The molecule has 1 amide bonds. The number of unbranched alkanes of at least 4 members (excludes halogenated alkanes) is 6. The summed E-state index contributed by atoms with van der Waals surface area (Å²) in [5, 5.41) is 2.97. The fourth-order valence-electron chi connectivity index (χ4n) is 2.36. The second kappa shape index (κ2) is 10.4. The zero-order valence-electron chi connectivity index (χ0n) is 11.9. The number of carbonyl (C=O) groups is 1. The van der Waals surface area contributed by atoms with Crippen molar-refractivity contribution in [3.05, 3.63) is 0 Å². The summed E-state index contributed by atoms with van der Waals surface area (Å²) in [4.78, 5) is 11.6. The van der Waals surface area contributed by atoms with Gasteiger partial charge in [0, 0.05) is 19.6 Å². The Morgan fingerprint density at radius 3 is 2.56 bits per heavy atom. The van der Waals surface area contributed by atoms with E-state index in [9.17, 15) is 4.79 Å². The lowest BCUT2D eigenvalue weighted by Gasteiger charge is -2.10. The van der Waals surface area contributed by atoms with E-state index in [1.807, 2.05) is 0 Å². The molecule has 1 saturated heterocycles. The number of carbonyl (C=O) groups excluding carboxylic acids is 1. The highest BCUT2D eigenvalue weighted by atomic mass is 16.5. The first-order valence-corrected chi connectivity index (χ1v) is 7.71. The van der Waals surface area contributed by atoms with Gasteiger partial charge in [-0.1, -0.05) is 45.4 Å². The zero-order chi connectivity index (χ0) is 13.1. The Morgan fingerprint density at radius 2 is 1.89 bits per heavy atom. The van der Waals surface area contributed by atoms with Crippen molar-refractivity contribution < 1.29 is 9.53 Å². The van der Waals surface area contributed by atoms with Crippen LogP contribution in [0.15, 0.2) is 0 Å². The molecule has 0 aliphatic carbocycles. The van der Waals surface area contributed by atoms with Crippen LogP contribution in [0.2, 0.25) is 0 Å². The molecule has 18 heavy (non-hydrogen) atoms. The van der Waals surface area contributed by atoms with Crippen molar-refractivity contribution in [3.8, 4) is 0 Å². The summed E-state index contributed by atoms with van der Waals surface area (Å²) in [5.41, 5.74) is 0. The first-order valence-electron chi connectivity index (χ1n) is 7.71. The van der Waals surface area contributed by atoms with E-state index < -0.39 is 0 Å². The minimum atomic E-state index is 0.194. The van der Waals surface area contributed by atoms with Crippen LogP contribution in [0, 0.1) is 0 Å². The summed E-state index contributed by atoms with van der Waals surface area (Å²) in [6.07, 6.45) is 12.0. The third-order valence-electron chi connectivity index (χ3n) is 3.56. The van der Waals surface area contributed by atoms with Gasteiger partial charge >= 0.3 is 0 Å². The molecule has 1 fully saturated rings. The standard InChI is InChI=1S/C15H29NO2/c1-2-3-4-5-6-7-8-11-15(17)16-13-14-10-9-12-18-14/h14H,2-13H2,1H3,(H,16,17). The zero-order valence-corrected chi connectivity index (χ0v) is 11.9. The number of hydrogen-bond acceptors (Lipinski definition) is 2. The fourth-order valence-corrected chi connectivity index (χ4v) is 2.36. The maximum absolute atomic E-state index is 11.6. The molecule has 0 bridgehead atoms. The molecule has 106 valence electrons. The van der Waals surface area contributed by atoms with Crippen molar-refractivity contribution >= 4 is 5.91 Å². The third kappa shape index (κ3) is 7.70. The van der Waals surface area contributed by atoms with Crippen molar-refractivity contribution in [2.24, 2.45) is 0 Å². The summed E-state index contributed by atoms with van der Waals surface area (Å²) >= 11 is 0. The molecule has 1 aliphatic heterocycles. The van der Waals surface area contributed by atoms with Crippen LogP contribution in [0.4, 0.5) is 0 Å². The summed E-state index contributed by atoms with van der Waals surface area (Å²) in [6.45, 7) is 3.80. The lowest BCUT2D eigenvalue weighted by Crippen LogP contribution is -2.31. The Bertz CT molecular complexity index is 213. The monoisotopic (exact) mass is 255 g/mol. The van der Waals surface area contributed by atoms with E-state index in [1.54, 1.807) is 0 Å². The van der Waals surface area contributed by atoms with E-state index in [0.717, 1.165) is 25.9 Å². The molecule has 0 radical (unpaired) electrons. The molecular weight excluding hydrogens is 226 g/mol. The van der Waals surface area contributed by atoms with Gasteiger partial charge in [0.2, 0.25) is 5.91 Å². The van der Waals surface area contributed by atoms with Crippen LogP contribution in [0.3, 0.4) is 0 Å². The van der Waals surface area contributed by atoms with Gasteiger partial charge in [-0.25, -0.2) is 0 Å². The van der Waals surface area contributed by atoms with Crippen LogP contribution < -0.4 is 5.32 Å². The molecule has 1 heterocycles. The highest BCUT2D eigenvalue weighted by molar-refractivity contribution is 5.75. The largest absolute Gasteiger partial charge is 0.376 e. The average molecular weight is 255 g/mol. The van der Waals surface area contributed by atoms with E-state index in [2.05, 4.69) is 12.2 Å². The van der Waals surface area contributed by atoms with Crippen molar-refractivity contribution in [2.45, 2.75) is 77.2 Å². The maximum atomic E-state index is 11.6. The molecule has 0 aromatic carbocycles. The predicted molar refractivity (Wildman–Crippen MR) is 74.6 cm³/mol. The number of rotatable bonds is 10. The molecule has 0 aromatic heterocycles. The number of amides is 1. The molecule has 0 saturated carbocycles. The van der Waals surface area contributed by atoms with Crippen LogP contribution >= 0.6 is 0 Å². The van der Waals surface area contributed by atoms with Crippen LogP contribution in [-0.4, -0.2) is 25.2 Å². The molecule has 3 nitrogen and oxygen atoms in total. The van der Waals surface area contributed by atoms with Gasteiger partial charge in [0.25, 0.3) is 0 Å². The summed E-state index contributed by atoms with van der Waals surface area (Å²) in [5.74, 6) is 0.194. The van der Waals surface area contributed by atoms with E-state index in [4.69, 9.17) is 4.74 Å². The predicted octanol–water partition coefficient (Wildman–Crippen LogP) is 3.42. The molecular formula is C15H29NO2. The Kier molecular flexibility index (Phi) is 8.92. The second-order valence-electron chi connectivity index (χ2n) is 5.31. The quantitative estimate of drug-likeness (QED) is 0.607. The Hall–Kier alpha value is -0.570. The molecule has 1 unspecified atom stereocenters. The van der Waals surface area contributed by atoms with Crippen molar-refractivity contribution in [1.82, 2.24) is 5.32 Å². The molecule has 1 aliphatic rings. The molecule has 1 N–H and O–H groups in total. The Labute approximate surface area is 112 Å². The smallest absolute Gasteiger partial charge is 0.220 e. The first kappa shape index (κ1) is 15.5. The summed E-state index contributed by atoms with van der Waals surface area (Å²) < 4.78 is 5.47. The van der Waals surface area contributed by atoms with Crippen LogP contribution in [0.1, 0.15) is 71.1 Å². The maximum Gasteiger partial charge on any atom is 0.220 e. The number of hydrogen-bond donors (Lipinski definition) is 1. The van der Waals surface area contributed by atoms with Gasteiger partial charge in [0.1, 0.15) is 0 Å². The normalized spacial score (nSPS) is 19.1. The van der Waals surface area contributed by atoms with E-state index in [1.165, 1.54) is 38.5 Å². The van der Waals surface area contributed by atoms with Gasteiger partial charge in [-0.2, -0.15) is 0 Å². The molecule has 0 aromatic rings. The average Bonchev–Trinajstić information content (AvgIpc) is 2.88. The van der Waals surface area contributed by atoms with E-state index in [0.29, 0.717) is 13.0 Å². The summed E-state index contributed by atoms with van der Waals surface area (Å²) in [7, 11) is 0. The van der Waals surface area contributed by atoms with Gasteiger partial charge in [-0.15, -0.1) is 0 Å². The first-order chi connectivity index (χ1) is 8.83. The lowest BCUT2D eigenvalue weighted by atomic mass is 10.1. The topological polar surface area (TPSA) is 38.3 Å². The number of ether oxygens (including phenoxy) is 1. The van der Waals surface area contributed by atoms with Gasteiger partial charge in [-0.05, 0) is 19.3 Å². The van der Waals surface area contributed by atoms with Crippen molar-refractivity contribution in [3.63, 3.8) is 0 Å². The highest BCUT2D eigenvalue weighted by Crippen LogP contribution is 2.11. The lowest BCUT2D eigenvalue weighted by molar-refractivity contribution is -0.121. The fraction of sp³-hybridized carbons (Fsp3) is 0.933. The Morgan fingerprint density at radius 1 is 1.17 bits per heavy atom. The van der Waals surface area contributed by atoms with Gasteiger partial charge in [0.05, 0.1) is 6.10 Å². The summed E-state index contributed by atoms with van der Waals surface area (Å²) in [6, 6.07) is 0. The second-order valence-corrected chi connectivity index (χ2v) is 5.31. The Balaban J connectivity index is 1.84. The molecule has 0 spiro atoms. The van der Waals surface area contributed by atoms with Gasteiger partial charge in [-0.3, -0.25) is 4.79 Å². The van der Waals surface area contributed by atoms with Gasteiger partial charge in [0.15, 0.2) is 0 Å². The van der Waals surface area contributed by atoms with E-state index in [-0.39, 0.29) is 12.0 Å². The van der Waals surface area contributed by atoms with Crippen LogP contribution in [0.25, 0.3) is 0 Å². The van der Waals surface area contributed by atoms with Crippen molar-refractivity contribution in [1.29, 1.82) is 0 Å². The van der Waals surface area contributed by atoms with Crippen molar-refractivity contribution in [2.75, 3.05) is 13.2 Å². The minimum Gasteiger partial charge on any atom is -0.376 e. The number of nitrogens with one attached hydrogen (secondary N) is 1. The molecule has 1 atom stereocenters. The molecule has 3 heteroatoms. The highest BCUT2D eigenvalue weighted by Gasteiger charge is 2.15.